The van der Waals surface area contributed by atoms with Crippen LogP contribution < -0.4 is 5.32 Å². The van der Waals surface area contributed by atoms with Crippen molar-refractivity contribution in [2.75, 3.05) is 11.2 Å². The lowest BCUT2D eigenvalue weighted by molar-refractivity contribution is 1.37. The zero-order valence-electron chi connectivity index (χ0n) is 7.36. The van der Waals surface area contributed by atoms with E-state index in [-0.39, 0.29) is 12.4 Å². The Kier molecular flexibility index (Phi) is 2.52. The molecule has 0 bridgehead atoms. The second-order valence-corrected chi connectivity index (χ2v) is 4.03. The molecule has 2 aromatic rings. The second kappa shape index (κ2) is 3.67. The third-order valence-electron chi connectivity index (χ3n) is 2.19. The summed E-state index contributed by atoms with van der Waals surface area (Å²) >= 11 is 1.83. The molecule has 0 fully saturated rings. The van der Waals surface area contributed by atoms with Crippen molar-refractivity contribution < 1.29 is 0 Å². The maximum atomic E-state index is 4.32. The zero-order chi connectivity index (χ0) is 8.67. The number of halogens is 1. The summed E-state index contributed by atoms with van der Waals surface area (Å²) in [4.78, 5) is 5.63. The lowest BCUT2D eigenvalue weighted by atomic mass is 10.2. The van der Waals surface area contributed by atoms with Crippen molar-refractivity contribution in [1.29, 1.82) is 0 Å². The number of hydrogen-bond donors (Lipinski definition) is 1. The Bertz CT molecular complexity index is 430. The molecule has 2 nitrogen and oxygen atoms in total. The van der Waals surface area contributed by atoms with Gasteiger partial charge in [0.15, 0.2) is 0 Å². The molecule has 4 heteroatoms. The van der Waals surface area contributed by atoms with Crippen molar-refractivity contribution in [3.05, 3.63) is 30.5 Å². The first-order valence-electron chi connectivity index (χ1n) is 4.19. The van der Waals surface area contributed by atoms with Crippen LogP contribution in [-0.4, -0.2) is 10.9 Å². The molecule has 1 aliphatic heterocycles. The van der Waals surface area contributed by atoms with Crippen LogP contribution in [0.15, 0.2) is 35.4 Å². The first-order valence-corrected chi connectivity index (χ1v) is 5.17. The minimum Gasteiger partial charge on any atom is -0.375 e. The number of nitrogens with one attached hydrogen (secondary N) is 1. The fraction of sp³-hybridized carbons (Fsp3) is 0.100. The molecule has 1 aromatic heterocycles. The van der Waals surface area contributed by atoms with E-state index in [0.29, 0.717) is 0 Å². The lowest BCUT2D eigenvalue weighted by Crippen LogP contribution is -1.88. The van der Waals surface area contributed by atoms with Gasteiger partial charge in [0.05, 0.1) is 11.4 Å². The zero-order valence-corrected chi connectivity index (χ0v) is 8.99. The van der Waals surface area contributed by atoms with Crippen LogP contribution in [0.1, 0.15) is 0 Å². The van der Waals surface area contributed by atoms with Crippen LogP contribution in [0.2, 0.25) is 0 Å². The third kappa shape index (κ3) is 1.42. The average molecular weight is 225 g/mol. The summed E-state index contributed by atoms with van der Waals surface area (Å²) in [6.07, 6.45) is 1.84. The van der Waals surface area contributed by atoms with E-state index in [9.17, 15) is 0 Å². The molecular formula is C10H9ClN2S. The van der Waals surface area contributed by atoms with E-state index < -0.39 is 0 Å². The molecule has 0 atom stereocenters. The van der Waals surface area contributed by atoms with Crippen LogP contribution in [0.3, 0.4) is 0 Å². The number of hydrogen-bond acceptors (Lipinski definition) is 3. The quantitative estimate of drug-likeness (QED) is 0.744. The highest BCUT2D eigenvalue weighted by Crippen LogP contribution is 2.35. The molecule has 0 saturated carbocycles. The molecule has 3 rings (SSSR count). The summed E-state index contributed by atoms with van der Waals surface area (Å²) in [5.41, 5.74) is 2.32. The SMILES string of the molecule is Cl.c1cnc2cc3c(cc2c1)NCS3. The van der Waals surface area contributed by atoms with Crippen molar-refractivity contribution in [1.82, 2.24) is 4.98 Å². The maximum absolute atomic E-state index is 4.32. The highest BCUT2D eigenvalue weighted by Gasteiger charge is 2.11. The monoisotopic (exact) mass is 224 g/mol. The Hall–Kier alpha value is -0.930. The molecule has 2 heterocycles. The van der Waals surface area contributed by atoms with E-state index in [0.717, 1.165) is 11.4 Å². The van der Waals surface area contributed by atoms with Crippen molar-refractivity contribution in [2.24, 2.45) is 0 Å². The summed E-state index contributed by atoms with van der Waals surface area (Å²) < 4.78 is 0. The predicted octanol–water partition coefficient (Wildman–Crippen LogP) is 3.13. The second-order valence-electron chi connectivity index (χ2n) is 3.01. The smallest absolute Gasteiger partial charge is 0.0714 e. The molecule has 72 valence electrons. The molecule has 0 aliphatic carbocycles. The Morgan fingerprint density at radius 3 is 3.21 bits per heavy atom. The van der Waals surface area contributed by atoms with Gasteiger partial charge >= 0.3 is 0 Å². The molecule has 0 amide bonds. The molecule has 14 heavy (non-hydrogen) atoms. The lowest BCUT2D eigenvalue weighted by Gasteiger charge is -2.00. The molecular weight excluding hydrogens is 216 g/mol. The van der Waals surface area contributed by atoms with Gasteiger partial charge in [-0.1, -0.05) is 6.07 Å². The number of nitrogens with zero attached hydrogens (tertiary/aromatic N) is 1. The van der Waals surface area contributed by atoms with E-state index in [1.54, 1.807) is 0 Å². The summed E-state index contributed by atoms with van der Waals surface area (Å²) in [5.74, 6) is 0.978. The van der Waals surface area contributed by atoms with Crippen molar-refractivity contribution in [3.8, 4) is 0 Å². The van der Waals surface area contributed by atoms with Gasteiger partial charge < -0.3 is 5.32 Å². The Morgan fingerprint density at radius 2 is 2.29 bits per heavy atom. The summed E-state index contributed by atoms with van der Waals surface area (Å²) in [6.45, 7) is 0. The van der Waals surface area contributed by atoms with Gasteiger partial charge in [0.1, 0.15) is 0 Å². The van der Waals surface area contributed by atoms with E-state index in [2.05, 4.69) is 28.5 Å². The first kappa shape index (κ1) is 9.62. The van der Waals surface area contributed by atoms with Crippen LogP contribution in [-0.2, 0) is 0 Å². The van der Waals surface area contributed by atoms with Gasteiger partial charge in [-0.05, 0) is 18.2 Å². The molecule has 0 spiro atoms. The van der Waals surface area contributed by atoms with Gasteiger partial charge in [-0.3, -0.25) is 4.98 Å². The van der Waals surface area contributed by atoms with E-state index in [1.165, 1.54) is 16.0 Å². The minimum atomic E-state index is 0. The molecule has 0 saturated heterocycles. The van der Waals surface area contributed by atoms with Gasteiger partial charge in [0.2, 0.25) is 0 Å². The number of pyridine rings is 1. The largest absolute Gasteiger partial charge is 0.375 e. The fourth-order valence-electron chi connectivity index (χ4n) is 1.55. The van der Waals surface area contributed by atoms with Gasteiger partial charge in [-0.2, -0.15) is 0 Å². The summed E-state index contributed by atoms with van der Waals surface area (Å²) in [6, 6.07) is 8.37. The molecule has 0 radical (unpaired) electrons. The predicted molar refractivity (Wildman–Crippen MR) is 63.3 cm³/mol. The van der Waals surface area contributed by atoms with Crippen LogP contribution in [0.4, 0.5) is 5.69 Å². The van der Waals surface area contributed by atoms with Gasteiger partial charge in [0, 0.05) is 22.2 Å². The van der Waals surface area contributed by atoms with E-state index >= 15 is 0 Å². The third-order valence-corrected chi connectivity index (χ3v) is 3.13. The van der Waals surface area contributed by atoms with E-state index in [4.69, 9.17) is 0 Å². The number of benzene rings is 1. The van der Waals surface area contributed by atoms with Crippen molar-refractivity contribution in [2.45, 2.75) is 4.90 Å². The maximum Gasteiger partial charge on any atom is 0.0714 e. The Balaban J connectivity index is 0.000000750. The summed E-state index contributed by atoms with van der Waals surface area (Å²) in [7, 11) is 0. The molecule has 1 N–H and O–H groups in total. The highest BCUT2D eigenvalue weighted by atomic mass is 35.5. The minimum absolute atomic E-state index is 0. The topological polar surface area (TPSA) is 24.9 Å². The normalized spacial score (nSPS) is 13.1. The van der Waals surface area contributed by atoms with Gasteiger partial charge in [0.25, 0.3) is 0 Å². The Labute approximate surface area is 92.5 Å². The van der Waals surface area contributed by atoms with Crippen LogP contribution in [0.25, 0.3) is 10.9 Å². The molecule has 0 unspecified atom stereocenters. The molecule has 1 aliphatic rings. The Morgan fingerprint density at radius 1 is 1.36 bits per heavy atom. The van der Waals surface area contributed by atoms with Gasteiger partial charge in [-0.15, -0.1) is 24.2 Å². The van der Waals surface area contributed by atoms with Gasteiger partial charge in [-0.25, -0.2) is 0 Å². The van der Waals surface area contributed by atoms with Crippen molar-refractivity contribution in [3.63, 3.8) is 0 Å². The molecule has 1 aromatic carbocycles. The fourth-order valence-corrected chi connectivity index (χ4v) is 2.42. The number of aromatic nitrogens is 1. The van der Waals surface area contributed by atoms with Crippen LogP contribution >= 0.6 is 24.2 Å². The number of rotatable bonds is 0. The van der Waals surface area contributed by atoms with Crippen LogP contribution in [0, 0.1) is 0 Å². The number of fused-ring (bicyclic) bond motifs is 2. The van der Waals surface area contributed by atoms with E-state index in [1.807, 2.05) is 24.0 Å². The highest BCUT2D eigenvalue weighted by molar-refractivity contribution is 7.99. The summed E-state index contributed by atoms with van der Waals surface area (Å²) in [5, 5.41) is 4.53. The average Bonchev–Trinajstić information content (AvgIpc) is 2.61. The van der Waals surface area contributed by atoms with Crippen molar-refractivity contribution >= 4 is 40.8 Å². The number of thioether (sulfide) groups is 1. The number of anilines is 1. The first-order chi connectivity index (χ1) is 6.43. The standard InChI is InChI=1S/C10H8N2S.ClH/c1-2-7-4-9-10(13-6-12-9)5-8(7)11-3-1;/h1-5,12H,6H2;1H. The van der Waals surface area contributed by atoms with Crippen LogP contribution in [0.5, 0.6) is 0 Å².